The van der Waals surface area contributed by atoms with Gasteiger partial charge in [0.2, 0.25) is 0 Å². The lowest BCUT2D eigenvalue weighted by molar-refractivity contribution is 0.249. The maximum atomic E-state index is 10.4. The van der Waals surface area contributed by atoms with Crippen molar-refractivity contribution in [1.29, 1.82) is 0 Å². The van der Waals surface area contributed by atoms with Gasteiger partial charge in [0.15, 0.2) is 0 Å². The van der Waals surface area contributed by atoms with E-state index in [-0.39, 0.29) is 0 Å². The number of hydrogen-bond donors (Lipinski definition) is 4. The van der Waals surface area contributed by atoms with E-state index in [1.807, 2.05) is 13.0 Å². The van der Waals surface area contributed by atoms with E-state index in [0.29, 0.717) is 24.6 Å². The van der Waals surface area contributed by atoms with Gasteiger partial charge in [0.05, 0.1) is 5.69 Å². The molecule has 1 rings (SSSR count). The molecule has 0 spiro atoms. The largest absolute Gasteiger partial charge is 0.396 e. The minimum atomic E-state index is -0.540. The first-order chi connectivity index (χ1) is 7.09. The van der Waals surface area contributed by atoms with Gasteiger partial charge in [0.25, 0.3) is 0 Å². The van der Waals surface area contributed by atoms with Crippen LogP contribution in [0.15, 0.2) is 12.3 Å². The average molecular weight is 209 g/mol. The molecule has 6 N–H and O–H groups in total. The maximum Gasteiger partial charge on any atom is 0.312 e. The lowest BCUT2D eigenvalue weighted by Gasteiger charge is -2.08. The zero-order valence-corrected chi connectivity index (χ0v) is 8.58. The molecule has 0 aliphatic carbocycles. The number of amides is 2. The second-order valence-corrected chi connectivity index (χ2v) is 3.17. The molecular formula is C9H15N5O. The van der Waals surface area contributed by atoms with Crippen LogP contribution in [0.4, 0.5) is 16.3 Å². The van der Waals surface area contributed by atoms with Crippen molar-refractivity contribution in [2.45, 2.75) is 6.92 Å². The van der Waals surface area contributed by atoms with Crippen LogP contribution in [0.5, 0.6) is 0 Å². The minimum absolute atomic E-state index is 0.435. The van der Waals surface area contributed by atoms with Crippen LogP contribution < -0.4 is 22.1 Å². The summed E-state index contributed by atoms with van der Waals surface area (Å²) in [5.41, 5.74) is 12.2. The first-order valence-electron chi connectivity index (χ1n) is 4.59. The van der Waals surface area contributed by atoms with Crippen molar-refractivity contribution in [3.8, 4) is 0 Å². The molecule has 0 saturated heterocycles. The number of nitrogen functional groups attached to an aromatic ring is 1. The summed E-state index contributed by atoms with van der Waals surface area (Å²) in [5, 5.41) is 5.44. The number of anilines is 2. The standard InChI is InChI=1S/C9H15N5O/c1-6-4-7(10)8(14-5-6)12-2-3-13-9(11)15/h4-5H,2-3,10H2,1H3,(H,12,14)(H3,11,13,15). The molecule has 6 heteroatoms. The number of urea groups is 1. The Morgan fingerprint density at radius 2 is 2.27 bits per heavy atom. The van der Waals surface area contributed by atoms with Crippen LogP contribution in [0.3, 0.4) is 0 Å². The van der Waals surface area contributed by atoms with Crippen LogP contribution >= 0.6 is 0 Å². The normalized spacial score (nSPS) is 9.67. The van der Waals surface area contributed by atoms with E-state index < -0.39 is 6.03 Å². The molecule has 0 aliphatic heterocycles. The molecule has 0 aromatic carbocycles. The van der Waals surface area contributed by atoms with Gasteiger partial charge in [-0.15, -0.1) is 0 Å². The number of primary amides is 1. The Labute approximate surface area is 88.1 Å². The summed E-state index contributed by atoms with van der Waals surface area (Å²) >= 11 is 0. The third kappa shape index (κ3) is 3.72. The number of hydrogen-bond acceptors (Lipinski definition) is 4. The zero-order chi connectivity index (χ0) is 11.3. The van der Waals surface area contributed by atoms with Crippen LogP contribution in [-0.2, 0) is 0 Å². The molecule has 15 heavy (non-hydrogen) atoms. The Balaban J connectivity index is 2.40. The summed E-state index contributed by atoms with van der Waals surface area (Å²) in [5.74, 6) is 0.617. The lowest BCUT2D eigenvalue weighted by Crippen LogP contribution is -2.33. The number of nitrogens with two attached hydrogens (primary N) is 2. The van der Waals surface area contributed by atoms with Gasteiger partial charge in [0.1, 0.15) is 5.82 Å². The summed E-state index contributed by atoms with van der Waals surface area (Å²) in [7, 11) is 0. The van der Waals surface area contributed by atoms with Crippen LogP contribution in [0.1, 0.15) is 5.56 Å². The molecule has 0 fully saturated rings. The molecule has 82 valence electrons. The minimum Gasteiger partial charge on any atom is -0.396 e. The molecule has 6 nitrogen and oxygen atoms in total. The molecule has 0 aliphatic rings. The molecule has 0 unspecified atom stereocenters. The number of aromatic nitrogens is 1. The highest BCUT2D eigenvalue weighted by Crippen LogP contribution is 2.14. The molecular weight excluding hydrogens is 194 g/mol. The molecule has 1 aromatic heterocycles. The van der Waals surface area contributed by atoms with Crippen molar-refractivity contribution in [3.63, 3.8) is 0 Å². The van der Waals surface area contributed by atoms with E-state index in [4.69, 9.17) is 11.5 Å². The smallest absolute Gasteiger partial charge is 0.312 e. The number of aryl methyl sites for hydroxylation is 1. The number of nitrogens with zero attached hydrogens (tertiary/aromatic N) is 1. The van der Waals surface area contributed by atoms with E-state index >= 15 is 0 Å². The Morgan fingerprint density at radius 1 is 1.53 bits per heavy atom. The topological polar surface area (TPSA) is 106 Å². The zero-order valence-electron chi connectivity index (χ0n) is 8.58. The summed E-state index contributed by atoms with van der Waals surface area (Å²) in [4.78, 5) is 14.5. The van der Waals surface area contributed by atoms with Gasteiger partial charge in [0, 0.05) is 19.3 Å². The Kier molecular flexibility index (Phi) is 3.73. The summed E-state index contributed by atoms with van der Waals surface area (Å²) in [6.07, 6.45) is 1.72. The van der Waals surface area contributed by atoms with Gasteiger partial charge in [-0.05, 0) is 18.6 Å². The molecule has 0 radical (unpaired) electrons. The highest BCUT2D eigenvalue weighted by atomic mass is 16.2. The Hall–Kier alpha value is -1.98. The van der Waals surface area contributed by atoms with Gasteiger partial charge in [-0.25, -0.2) is 9.78 Å². The third-order valence-corrected chi connectivity index (χ3v) is 1.77. The second kappa shape index (κ2) is 5.04. The number of pyridine rings is 1. The van der Waals surface area contributed by atoms with E-state index in [1.54, 1.807) is 6.20 Å². The molecule has 0 saturated carbocycles. The highest BCUT2D eigenvalue weighted by molar-refractivity contribution is 5.71. The molecule has 1 heterocycles. The predicted molar refractivity (Wildman–Crippen MR) is 59.5 cm³/mol. The van der Waals surface area contributed by atoms with Crippen molar-refractivity contribution < 1.29 is 4.79 Å². The van der Waals surface area contributed by atoms with Crippen molar-refractivity contribution in [2.75, 3.05) is 24.1 Å². The van der Waals surface area contributed by atoms with E-state index in [0.717, 1.165) is 5.56 Å². The number of rotatable bonds is 4. The highest BCUT2D eigenvalue weighted by Gasteiger charge is 1.99. The first-order valence-corrected chi connectivity index (χ1v) is 4.59. The average Bonchev–Trinajstić information content (AvgIpc) is 2.14. The van der Waals surface area contributed by atoms with Crippen LogP contribution in [-0.4, -0.2) is 24.1 Å². The summed E-state index contributed by atoms with van der Waals surface area (Å²) < 4.78 is 0. The van der Waals surface area contributed by atoms with Crippen molar-refractivity contribution in [1.82, 2.24) is 10.3 Å². The third-order valence-electron chi connectivity index (χ3n) is 1.77. The monoisotopic (exact) mass is 209 g/mol. The van der Waals surface area contributed by atoms with Crippen molar-refractivity contribution in [3.05, 3.63) is 17.8 Å². The second-order valence-electron chi connectivity index (χ2n) is 3.17. The fourth-order valence-corrected chi connectivity index (χ4v) is 1.11. The van der Waals surface area contributed by atoms with E-state index in [9.17, 15) is 4.79 Å². The Bertz CT molecular complexity index is 352. The number of carbonyl (C=O) groups is 1. The fourth-order valence-electron chi connectivity index (χ4n) is 1.11. The number of nitrogens with one attached hydrogen (secondary N) is 2. The van der Waals surface area contributed by atoms with Crippen LogP contribution in [0, 0.1) is 6.92 Å². The molecule has 0 bridgehead atoms. The quantitative estimate of drug-likeness (QED) is 0.526. The fraction of sp³-hybridized carbons (Fsp3) is 0.333. The maximum absolute atomic E-state index is 10.4. The van der Waals surface area contributed by atoms with Gasteiger partial charge in [-0.3, -0.25) is 0 Å². The summed E-state index contributed by atoms with van der Waals surface area (Å²) in [6, 6.07) is 1.29. The lowest BCUT2D eigenvalue weighted by atomic mass is 10.3. The number of carbonyl (C=O) groups excluding carboxylic acids is 1. The van der Waals surface area contributed by atoms with Crippen molar-refractivity contribution >= 4 is 17.5 Å². The molecule has 0 atom stereocenters. The SMILES string of the molecule is Cc1cnc(NCCNC(N)=O)c(N)c1. The van der Waals surface area contributed by atoms with Gasteiger partial charge in [-0.1, -0.05) is 0 Å². The molecule has 1 aromatic rings. The summed E-state index contributed by atoms with van der Waals surface area (Å²) in [6.45, 7) is 2.88. The van der Waals surface area contributed by atoms with E-state index in [2.05, 4.69) is 15.6 Å². The molecule has 2 amide bonds. The first kappa shape index (κ1) is 11.1. The van der Waals surface area contributed by atoms with Crippen molar-refractivity contribution in [2.24, 2.45) is 5.73 Å². The van der Waals surface area contributed by atoms with E-state index in [1.165, 1.54) is 0 Å². The van der Waals surface area contributed by atoms with Crippen LogP contribution in [0.2, 0.25) is 0 Å². The van der Waals surface area contributed by atoms with Crippen LogP contribution in [0.25, 0.3) is 0 Å². The van der Waals surface area contributed by atoms with Gasteiger partial charge >= 0.3 is 6.03 Å². The Morgan fingerprint density at radius 3 is 2.87 bits per heavy atom. The van der Waals surface area contributed by atoms with Gasteiger partial charge in [-0.2, -0.15) is 0 Å². The van der Waals surface area contributed by atoms with Gasteiger partial charge < -0.3 is 22.1 Å². The predicted octanol–water partition coefficient (Wildman–Crippen LogP) is 0.0524.